The number of nitrogens with two attached hydrogens (primary N) is 1. The molecule has 0 spiro atoms. The van der Waals surface area contributed by atoms with E-state index in [1.807, 2.05) is 0 Å². The smallest absolute Gasteiger partial charge is 0.248 e. The van der Waals surface area contributed by atoms with E-state index in [0.717, 1.165) is 31.6 Å². The van der Waals surface area contributed by atoms with Crippen LogP contribution in [0.1, 0.15) is 23.2 Å². The van der Waals surface area contributed by atoms with Gasteiger partial charge >= 0.3 is 0 Å². The SMILES string of the molecule is NC(=O)c1cccc(Oc2ccc(NC(=O)C3CCCNC3)cc2)c1. The monoisotopic (exact) mass is 339 g/mol. The van der Waals surface area contributed by atoms with Crippen LogP contribution in [0.15, 0.2) is 48.5 Å². The first-order valence-corrected chi connectivity index (χ1v) is 8.31. The van der Waals surface area contributed by atoms with E-state index in [2.05, 4.69) is 10.6 Å². The Morgan fingerprint density at radius 3 is 2.60 bits per heavy atom. The lowest BCUT2D eigenvalue weighted by atomic mass is 9.99. The fraction of sp³-hybridized carbons (Fsp3) is 0.263. The highest BCUT2D eigenvalue weighted by molar-refractivity contribution is 5.93. The molecular weight excluding hydrogens is 318 g/mol. The Kier molecular flexibility index (Phi) is 5.30. The molecule has 3 rings (SSSR count). The number of carbonyl (C=O) groups is 2. The summed E-state index contributed by atoms with van der Waals surface area (Å²) >= 11 is 0. The number of amides is 2. The molecule has 1 aliphatic heterocycles. The lowest BCUT2D eigenvalue weighted by Crippen LogP contribution is -2.37. The van der Waals surface area contributed by atoms with Crippen LogP contribution in [0.5, 0.6) is 11.5 Å². The molecule has 1 saturated heterocycles. The summed E-state index contributed by atoms with van der Waals surface area (Å²) in [6.45, 7) is 1.70. The van der Waals surface area contributed by atoms with Crippen molar-refractivity contribution in [3.8, 4) is 11.5 Å². The van der Waals surface area contributed by atoms with Crippen molar-refractivity contribution in [1.29, 1.82) is 0 Å². The average Bonchev–Trinajstić information content (AvgIpc) is 2.64. The van der Waals surface area contributed by atoms with E-state index >= 15 is 0 Å². The molecule has 0 saturated carbocycles. The zero-order valence-corrected chi connectivity index (χ0v) is 13.8. The van der Waals surface area contributed by atoms with Crippen LogP contribution in [0.2, 0.25) is 0 Å². The van der Waals surface area contributed by atoms with Crippen molar-refractivity contribution in [3.05, 3.63) is 54.1 Å². The average molecular weight is 339 g/mol. The Hall–Kier alpha value is -2.86. The van der Waals surface area contributed by atoms with Crippen molar-refractivity contribution in [1.82, 2.24) is 5.32 Å². The first-order valence-electron chi connectivity index (χ1n) is 8.31. The van der Waals surface area contributed by atoms with Gasteiger partial charge in [-0.15, -0.1) is 0 Å². The molecule has 0 bridgehead atoms. The summed E-state index contributed by atoms with van der Waals surface area (Å²) in [7, 11) is 0. The first kappa shape index (κ1) is 17.0. The molecule has 0 aliphatic carbocycles. The van der Waals surface area contributed by atoms with Gasteiger partial charge in [-0.3, -0.25) is 9.59 Å². The molecule has 0 radical (unpaired) electrons. The van der Waals surface area contributed by atoms with Gasteiger partial charge in [-0.2, -0.15) is 0 Å². The van der Waals surface area contributed by atoms with E-state index in [1.54, 1.807) is 48.5 Å². The number of nitrogens with one attached hydrogen (secondary N) is 2. The van der Waals surface area contributed by atoms with Crippen LogP contribution in [0.3, 0.4) is 0 Å². The van der Waals surface area contributed by atoms with Crippen molar-refractivity contribution in [3.63, 3.8) is 0 Å². The van der Waals surface area contributed by atoms with Crippen molar-refractivity contribution in [2.24, 2.45) is 11.7 Å². The van der Waals surface area contributed by atoms with E-state index in [0.29, 0.717) is 17.1 Å². The largest absolute Gasteiger partial charge is 0.457 e. The number of hydrogen-bond donors (Lipinski definition) is 3. The van der Waals surface area contributed by atoms with Gasteiger partial charge in [0.25, 0.3) is 0 Å². The number of benzene rings is 2. The van der Waals surface area contributed by atoms with Gasteiger partial charge in [-0.05, 0) is 61.9 Å². The fourth-order valence-electron chi connectivity index (χ4n) is 2.78. The minimum atomic E-state index is -0.499. The maximum Gasteiger partial charge on any atom is 0.248 e. The minimum absolute atomic E-state index is 0.0150. The molecule has 1 atom stereocenters. The van der Waals surface area contributed by atoms with Gasteiger partial charge in [-0.1, -0.05) is 6.07 Å². The van der Waals surface area contributed by atoms with Gasteiger partial charge in [0.05, 0.1) is 5.92 Å². The summed E-state index contributed by atoms with van der Waals surface area (Å²) in [5.41, 5.74) is 6.39. The lowest BCUT2D eigenvalue weighted by molar-refractivity contribution is -0.120. The molecule has 6 nitrogen and oxygen atoms in total. The summed E-state index contributed by atoms with van der Waals surface area (Å²) in [4.78, 5) is 23.4. The molecular formula is C19H21N3O3. The van der Waals surface area contributed by atoms with Crippen molar-refractivity contribution in [2.75, 3.05) is 18.4 Å². The predicted molar refractivity (Wildman–Crippen MR) is 95.7 cm³/mol. The number of primary amides is 1. The second-order valence-electron chi connectivity index (χ2n) is 6.05. The van der Waals surface area contributed by atoms with Gasteiger partial charge in [0, 0.05) is 17.8 Å². The third kappa shape index (κ3) is 4.58. The second-order valence-corrected chi connectivity index (χ2v) is 6.05. The normalized spacial score (nSPS) is 16.9. The maximum absolute atomic E-state index is 12.2. The van der Waals surface area contributed by atoms with Gasteiger partial charge in [0.2, 0.25) is 11.8 Å². The summed E-state index contributed by atoms with van der Waals surface area (Å²) in [6.07, 6.45) is 1.94. The molecule has 2 aromatic carbocycles. The third-order valence-electron chi connectivity index (χ3n) is 4.14. The van der Waals surface area contributed by atoms with E-state index in [9.17, 15) is 9.59 Å². The molecule has 25 heavy (non-hydrogen) atoms. The Labute approximate surface area is 146 Å². The number of piperidine rings is 1. The van der Waals surface area contributed by atoms with Crippen LogP contribution in [0.4, 0.5) is 5.69 Å². The zero-order valence-electron chi connectivity index (χ0n) is 13.8. The van der Waals surface area contributed by atoms with Crippen LogP contribution < -0.4 is 21.1 Å². The van der Waals surface area contributed by atoms with Crippen LogP contribution >= 0.6 is 0 Å². The Balaban J connectivity index is 1.61. The van der Waals surface area contributed by atoms with E-state index in [4.69, 9.17) is 10.5 Å². The zero-order chi connectivity index (χ0) is 17.6. The van der Waals surface area contributed by atoms with Gasteiger partial charge in [-0.25, -0.2) is 0 Å². The van der Waals surface area contributed by atoms with Crippen LogP contribution in [-0.4, -0.2) is 24.9 Å². The molecule has 6 heteroatoms. The molecule has 2 aromatic rings. The molecule has 1 aliphatic rings. The van der Waals surface area contributed by atoms with Crippen molar-refractivity contribution < 1.29 is 14.3 Å². The Bertz CT molecular complexity index is 753. The quantitative estimate of drug-likeness (QED) is 0.780. The van der Waals surface area contributed by atoms with E-state index in [-0.39, 0.29) is 11.8 Å². The van der Waals surface area contributed by atoms with E-state index in [1.165, 1.54) is 0 Å². The molecule has 1 heterocycles. The second kappa shape index (κ2) is 7.81. The Morgan fingerprint density at radius 1 is 1.12 bits per heavy atom. The van der Waals surface area contributed by atoms with Gasteiger partial charge < -0.3 is 21.1 Å². The number of anilines is 1. The summed E-state index contributed by atoms with van der Waals surface area (Å²) in [6, 6.07) is 13.8. The fourth-order valence-corrected chi connectivity index (χ4v) is 2.78. The number of hydrogen-bond acceptors (Lipinski definition) is 4. The third-order valence-corrected chi connectivity index (χ3v) is 4.14. The molecule has 130 valence electrons. The highest BCUT2D eigenvalue weighted by atomic mass is 16.5. The predicted octanol–water partition coefficient (Wildman–Crippen LogP) is 2.52. The van der Waals surface area contributed by atoms with Crippen LogP contribution in [-0.2, 0) is 4.79 Å². The minimum Gasteiger partial charge on any atom is -0.457 e. The number of ether oxygens (including phenoxy) is 1. The first-order chi connectivity index (χ1) is 12.1. The molecule has 1 unspecified atom stereocenters. The van der Waals surface area contributed by atoms with Gasteiger partial charge in [0.15, 0.2) is 0 Å². The highest BCUT2D eigenvalue weighted by Gasteiger charge is 2.20. The topological polar surface area (TPSA) is 93.5 Å². The molecule has 4 N–H and O–H groups in total. The Morgan fingerprint density at radius 2 is 1.92 bits per heavy atom. The van der Waals surface area contributed by atoms with Crippen LogP contribution in [0.25, 0.3) is 0 Å². The highest BCUT2D eigenvalue weighted by Crippen LogP contribution is 2.24. The number of carbonyl (C=O) groups excluding carboxylic acids is 2. The summed E-state index contributed by atoms with van der Waals surface area (Å²) in [5.74, 6) is 0.692. The summed E-state index contributed by atoms with van der Waals surface area (Å²) < 4.78 is 5.71. The number of rotatable bonds is 5. The summed E-state index contributed by atoms with van der Waals surface area (Å²) in [5, 5.41) is 6.17. The maximum atomic E-state index is 12.2. The van der Waals surface area contributed by atoms with Crippen molar-refractivity contribution >= 4 is 17.5 Å². The van der Waals surface area contributed by atoms with Gasteiger partial charge in [0.1, 0.15) is 11.5 Å². The standard InChI is InChI=1S/C19H21N3O3/c20-18(23)13-3-1-5-17(11-13)25-16-8-6-15(7-9-16)22-19(24)14-4-2-10-21-12-14/h1,3,5-9,11,14,21H,2,4,10,12H2,(H2,20,23)(H,22,24). The molecule has 2 amide bonds. The van der Waals surface area contributed by atoms with Crippen LogP contribution in [0, 0.1) is 5.92 Å². The molecule has 0 aromatic heterocycles. The molecule has 1 fully saturated rings. The van der Waals surface area contributed by atoms with E-state index < -0.39 is 5.91 Å². The van der Waals surface area contributed by atoms with Crippen molar-refractivity contribution in [2.45, 2.75) is 12.8 Å². The lowest BCUT2D eigenvalue weighted by Gasteiger charge is -2.21.